The average Bonchev–Trinajstić information content (AvgIpc) is 2.44. The Bertz CT molecular complexity index is 450. The lowest BCUT2D eigenvalue weighted by molar-refractivity contribution is 0.0826. The van der Waals surface area contributed by atoms with Crippen molar-refractivity contribution in [3.05, 3.63) is 33.8 Å². The number of likely N-dealkylation sites (tertiary alicyclic amines) is 1. The fourth-order valence-corrected chi connectivity index (χ4v) is 3.86. The molecular formula is C17H27BrN2. The molecule has 0 amide bonds. The molecule has 1 aliphatic heterocycles. The Hall–Kier alpha value is -0.380. The third kappa shape index (κ3) is 3.44. The predicted molar refractivity (Wildman–Crippen MR) is 89.9 cm³/mol. The van der Waals surface area contributed by atoms with Gasteiger partial charge in [-0.1, -0.05) is 48.3 Å². The van der Waals surface area contributed by atoms with Crippen molar-refractivity contribution in [1.29, 1.82) is 0 Å². The molecule has 1 fully saturated rings. The number of hydrogen-bond donors (Lipinski definition) is 1. The zero-order chi connectivity index (χ0) is 14.8. The van der Waals surface area contributed by atoms with Gasteiger partial charge in [-0.25, -0.2) is 0 Å². The Kier molecular flexibility index (Phi) is 5.27. The minimum Gasteiger partial charge on any atom is -0.329 e. The summed E-state index contributed by atoms with van der Waals surface area (Å²) in [5.74, 6) is 0. The fourth-order valence-electron chi connectivity index (χ4n) is 3.10. The summed E-state index contributed by atoms with van der Waals surface area (Å²) in [4.78, 5) is 2.56. The van der Waals surface area contributed by atoms with Crippen LogP contribution in [0.3, 0.4) is 0 Å². The highest BCUT2D eigenvalue weighted by atomic mass is 79.9. The molecule has 0 bridgehead atoms. The molecule has 1 unspecified atom stereocenters. The van der Waals surface area contributed by atoms with E-state index in [2.05, 4.69) is 59.8 Å². The van der Waals surface area contributed by atoms with Crippen LogP contribution in [0.1, 0.15) is 50.3 Å². The van der Waals surface area contributed by atoms with Crippen LogP contribution in [-0.2, 0) is 0 Å². The second-order valence-corrected chi connectivity index (χ2v) is 7.33. The Morgan fingerprint density at radius 1 is 1.35 bits per heavy atom. The third-order valence-electron chi connectivity index (χ3n) is 5.04. The number of rotatable bonds is 4. The molecule has 1 aromatic carbocycles. The van der Waals surface area contributed by atoms with Gasteiger partial charge in [-0.05, 0) is 55.5 Å². The van der Waals surface area contributed by atoms with E-state index >= 15 is 0 Å². The van der Waals surface area contributed by atoms with E-state index in [9.17, 15) is 0 Å². The van der Waals surface area contributed by atoms with Crippen LogP contribution < -0.4 is 5.73 Å². The first-order valence-electron chi connectivity index (χ1n) is 7.69. The van der Waals surface area contributed by atoms with Gasteiger partial charge in [0, 0.05) is 17.1 Å². The molecule has 1 aromatic rings. The molecule has 2 rings (SSSR count). The van der Waals surface area contributed by atoms with E-state index in [1.807, 2.05) is 0 Å². The largest absolute Gasteiger partial charge is 0.329 e. The molecule has 2 N–H and O–H groups in total. The van der Waals surface area contributed by atoms with Crippen LogP contribution in [-0.4, -0.2) is 24.5 Å². The summed E-state index contributed by atoms with van der Waals surface area (Å²) in [6.07, 6.45) is 3.84. The van der Waals surface area contributed by atoms with Gasteiger partial charge in [0.05, 0.1) is 0 Å². The maximum atomic E-state index is 6.08. The van der Waals surface area contributed by atoms with E-state index in [0.717, 1.165) is 13.1 Å². The molecule has 1 atom stereocenters. The highest BCUT2D eigenvalue weighted by molar-refractivity contribution is 9.10. The second-order valence-electron chi connectivity index (χ2n) is 6.48. The van der Waals surface area contributed by atoms with E-state index in [-0.39, 0.29) is 0 Å². The van der Waals surface area contributed by atoms with E-state index < -0.39 is 0 Å². The Morgan fingerprint density at radius 3 is 2.50 bits per heavy atom. The topological polar surface area (TPSA) is 29.3 Å². The standard InChI is InChI=1S/C17H27BrN2/c1-4-17(3)7-9-20(10-8-17)16(12-19)14-6-5-13(2)11-15(14)18/h5-6,11,16H,4,7-10,12,19H2,1-3H3. The number of halogens is 1. The number of aryl methyl sites for hydroxylation is 1. The van der Waals surface area contributed by atoms with Crippen LogP contribution in [0, 0.1) is 12.3 Å². The summed E-state index contributed by atoms with van der Waals surface area (Å²) in [7, 11) is 0. The van der Waals surface area contributed by atoms with Crippen LogP contribution in [0.25, 0.3) is 0 Å². The van der Waals surface area contributed by atoms with E-state index in [0.29, 0.717) is 18.0 Å². The van der Waals surface area contributed by atoms with Gasteiger partial charge in [0.2, 0.25) is 0 Å². The molecule has 2 nitrogen and oxygen atoms in total. The molecular weight excluding hydrogens is 312 g/mol. The molecule has 1 heterocycles. The molecule has 1 saturated heterocycles. The number of nitrogens with two attached hydrogens (primary N) is 1. The Labute approximate surface area is 131 Å². The van der Waals surface area contributed by atoms with Crippen molar-refractivity contribution in [1.82, 2.24) is 4.90 Å². The molecule has 20 heavy (non-hydrogen) atoms. The minimum atomic E-state index is 0.339. The van der Waals surface area contributed by atoms with Crippen LogP contribution in [0.15, 0.2) is 22.7 Å². The van der Waals surface area contributed by atoms with Crippen LogP contribution in [0.5, 0.6) is 0 Å². The number of nitrogens with zero attached hydrogens (tertiary/aromatic N) is 1. The third-order valence-corrected chi connectivity index (χ3v) is 5.72. The van der Waals surface area contributed by atoms with Gasteiger partial charge in [-0.15, -0.1) is 0 Å². The van der Waals surface area contributed by atoms with Gasteiger partial charge in [-0.3, -0.25) is 4.90 Å². The first-order chi connectivity index (χ1) is 9.49. The lowest BCUT2D eigenvalue weighted by Crippen LogP contribution is -2.42. The maximum Gasteiger partial charge on any atom is 0.0481 e. The first-order valence-corrected chi connectivity index (χ1v) is 8.48. The summed E-state index contributed by atoms with van der Waals surface area (Å²) in [5.41, 5.74) is 9.23. The normalized spacial score (nSPS) is 20.9. The van der Waals surface area contributed by atoms with Gasteiger partial charge < -0.3 is 5.73 Å². The predicted octanol–water partition coefficient (Wildman–Crippen LogP) is 4.27. The first kappa shape index (κ1) is 16.0. The van der Waals surface area contributed by atoms with E-state index in [1.165, 1.54) is 34.9 Å². The minimum absolute atomic E-state index is 0.339. The fraction of sp³-hybridized carbons (Fsp3) is 0.647. The quantitative estimate of drug-likeness (QED) is 0.888. The molecule has 3 heteroatoms. The van der Waals surface area contributed by atoms with Crippen LogP contribution in [0.4, 0.5) is 0 Å². The Morgan fingerprint density at radius 2 is 2.00 bits per heavy atom. The molecule has 0 saturated carbocycles. The summed E-state index contributed by atoms with van der Waals surface area (Å²) in [6.45, 7) is 9.86. The van der Waals surface area contributed by atoms with Crippen molar-refractivity contribution in [3.8, 4) is 0 Å². The lowest BCUT2D eigenvalue weighted by Gasteiger charge is -2.42. The van der Waals surface area contributed by atoms with Gasteiger partial charge in [0.25, 0.3) is 0 Å². The zero-order valence-corrected chi connectivity index (χ0v) is 14.5. The van der Waals surface area contributed by atoms with Gasteiger partial charge >= 0.3 is 0 Å². The summed E-state index contributed by atoms with van der Waals surface area (Å²) >= 11 is 3.71. The maximum absolute atomic E-state index is 6.08. The van der Waals surface area contributed by atoms with Crippen molar-refractivity contribution < 1.29 is 0 Å². The van der Waals surface area contributed by atoms with Gasteiger partial charge in [0.1, 0.15) is 0 Å². The van der Waals surface area contributed by atoms with Crippen molar-refractivity contribution >= 4 is 15.9 Å². The Balaban J connectivity index is 2.13. The monoisotopic (exact) mass is 338 g/mol. The molecule has 112 valence electrons. The molecule has 0 radical (unpaired) electrons. The highest BCUT2D eigenvalue weighted by Crippen LogP contribution is 2.37. The summed E-state index contributed by atoms with van der Waals surface area (Å²) in [5, 5.41) is 0. The van der Waals surface area contributed by atoms with E-state index in [1.54, 1.807) is 0 Å². The van der Waals surface area contributed by atoms with Crippen LogP contribution in [0.2, 0.25) is 0 Å². The smallest absolute Gasteiger partial charge is 0.0481 e. The van der Waals surface area contributed by atoms with Crippen molar-refractivity contribution in [2.75, 3.05) is 19.6 Å². The zero-order valence-electron chi connectivity index (χ0n) is 13.0. The lowest BCUT2D eigenvalue weighted by atomic mass is 9.78. The average molecular weight is 339 g/mol. The number of piperidine rings is 1. The summed E-state index contributed by atoms with van der Waals surface area (Å²) in [6, 6.07) is 6.94. The summed E-state index contributed by atoms with van der Waals surface area (Å²) < 4.78 is 1.19. The number of benzene rings is 1. The second kappa shape index (κ2) is 6.59. The van der Waals surface area contributed by atoms with Crippen molar-refractivity contribution in [2.24, 2.45) is 11.1 Å². The number of hydrogen-bond acceptors (Lipinski definition) is 2. The molecule has 0 spiro atoms. The highest BCUT2D eigenvalue weighted by Gasteiger charge is 2.31. The van der Waals surface area contributed by atoms with Crippen molar-refractivity contribution in [2.45, 2.75) is 46.1 Å². The molecule has 0 aliphatic carbocycles. The molecule has 1 aliphatic rings. The van der Waals surface area contributed by atoms with Gasteiger partial charge in [-0.2, -0.15) is 0 Å². The van der Waals surface area contributed by atoms with Crippen molar-refractivity contribution in [3.63, 3.8) is 0 Å². The van der Waals surface area contributed by atoms with Crippen LogP contribution >= 0.6 is 15.9 Å². The van der Waals surface area contributed by atoms with E-state index in [4.69, 9.17) is 5.73 Å². The van der Waals surface area contributed by atoms with Gasteiger partial charge in [0.15, 0.2) is 0 Å². The molecule has 0 aromatic heterocycles. The SMILES string of the molecule is CCC1(C)CCN(C(CN)c2ccc(C)cc2Br)CC1.